The van der Waals surface area contributed by atoms with Crippen LogP contribution in [0.3, 0.4) is 0 Å². The van der Waals surface area contributed by atoms with Crippen LogP contribution in [-0.4, -0.2) is 52.9 Å². The van der Waals surface area contributed by atoms with Gasteiger partial charge in [-0.15, -0.1) is 0 Å². The highest BCUT2D eigenvalue weighted by Gasteiger charge is 2.60. The lowest BCUT2D eigenvalue weighted by Gasteiger charge is -2.59. The molecule has 0 spiro atoms. The van der Waals surface area contributed by atoms with Crippen molar-refractivity contribution in [2.45, 2.75) is 46.3 Å². The van der Waals surface area contributed by atoms with Gasteiger partial charge in [0, 0.05) is 34.5 Å². The molecule has 1 saturated carbocycles. The molecule has 0 amide bonds. The fourth-order valence-electron chi connectivity index (χ4n) is 3.80. The second kappa shape index (κ2) is 6.87. The first-order valence-corrected chi connectivity index (χ1v) is 8.64. The Kier molecular flexibility index (Phi) is 5.43. The number of benzene rings is 1. The Morgan fingerprint density at radius 3 is 2.04 bits per heavy atom. The summed E-state index contributed by atoms with van der Waals surface area (Å²) in [4.78, 5) is 5.50. The van der Waals surface area contributed by atoms with E-state index in [0.29, 0.717) is 0 Å². The molecular weight excluding hydrogens is 300 g/mol. The molecule has 3 N–H and O–H groups in total. The molecule has 1 aromatic heterocycles. The Morgan fingerprint density at radius 1 is 1.00 bits per heavy atom. The van der Waals surface area contributed by atoms with Gasteiger partial charge in [-0.2, -0.15) is 0 Å². The van der Waals surface area contributed by atoms with Crippen molar-refractivity contribution in [2.24, 2.45) is 10.8 Å². The molecule has 24 heavy (non-hydrogen) atoms. The minimum absolute atomic E-state index is 0.316. The summed E-state index contributed by atoms with van der Waals surface area (Å²) in [5, 5.41) is 20.4. The summed E-state index contributed by atoms with van der Waals surface area (Å²) < 4.78 is 0. The van der Waals surface area contributed by atoms with Gasteiger partial charge in [0.15, 0.2) is 0 Å². The maximum Gasteiger partial charge on any atom is 0.0691 e. The Hall–Kier alpha value is -1.36. The minimum atomic E-state index is -0.380. The Morgan fingerprint density at radius 2 is 1.54 bits per heavy atom. The van der Waals surface area contributed by atoms with E-state index in [9.17, 15) is 10.2 Å². The Bertz CT molecular complexity index is 643. The third-order valence-electron chi connectivity index (χ3n) is 5.32. The van der Waals surface area contributed by atoms with Gasteiger partial charge in [-0.1, -0.05) is 45.9 Å². The quantitative estimate of drug-likeness (QED) is 0.810. The number of aromatic amines is 1. The van der Waals surface area contributed by atoms with Crippen molar-refractivity contribution in [3.8, 4) is 0 Å². The lowest BCUT2D eigenvalue weighted by molar-refractivity contribution is -0.247. The number of H-pyrrole nitrogens is 1. The topological polar surface area (TPSA) is 59.5 Å². The summed E-state index contributed by atoms with van der Waals surface area (Å²) in [5.74, 6) is 0. The number of hydrogen-bond donors (Lipinski definition) is 3. The molecule has 0 bridgehead atoms. The van der Waals surface area contributed by atoms with Crippen molar-refractivity contribution < 1.29 is 10.2 Å². The van der Waals surface area contributed by atoms with Gasteiger partial charge in [-0.3, -0.25) is 0 Å². The van der Waals surface area contributed by atoms with Gasteiger partial charge >= 0.3 is 0 Å². The standard InChI is InChI=1S/C12H16N2.C8H16O2/c1-14(2)8-7-10-9-13-12-6-4-3-5-11(10)12;1-7(2)5(9)8(3,4)6(7)10/h3-6,9,13H,7-8H2,1-2H3;5-6,9-10H,1-4H3. The molecule has 0 unspecified atom stereocenters. The van der Waals surface area contributed by atoms with Crippen molar-refractivity contribution in [1.82, 2.24) is 9.88 Å². The number of nitrogens with one attached hydrogen (secondary N) is 1. The molecule has 1 aromatic carbocycles. The second-order valence-corrected chi connectivity index (χ2v) is 8.36. The molecular formula is C20H32N2O2. The Balaban J connectivity index is 0.000000185. The van der Waals surface area contributed by atoms with Gasteiger partial charge in [0.05, 0.1) is 12.2 Å². The lowest BCUT2D eigenvalue weighted by atomic mass is 9.51. The third kappa shape index (κ3) is 3.51. The monoisotopic (exact) mass is 332 g/mol. The maximum absolute atomic E-state index is 9.51. The summed E-state index contributed by atoms with van der Waals surface area (Å²) in [6.07, 6.45) is 2.47. The number of fused-ring (bicyclic) bond motifs is 1. The van der Waals surface area contributed by atoms with E-state index in [-0.39, 0.29) is 23.0 Å². The van der Waals surface area contributed by atoms with Crippen molar-refractivity contribution in [3.05, 3.63) is 36.0 Å². The van der Waals surface area contributed by atoms with Gasteiger partial charge in [-0.05, 0) is 32.1 Å². The van der Waals surface area contributed by atoms with E-state index in [0.717, 1.165) is 13.0 Å². The summed E-state index contributed by atoms with van der Waals surface area (Å²) in [6.45, 7) is 8.63. The molecule has 4 heteroatoms. The highest BCUT2D eigenvalue weighted by Crippen LogP contribution is 2.53. The van der Waals surface area contributed by atoms with Crippen LogP contribution in [0.25, 0.3) is 10.9 Å². The molecule has 134 valence electrons. The van der Waals surface area contributed by atoms with E-state index in [1.165, 1.54) is 16.5 Å². The van der Waals surface area contributed by atoms with E-state index >= 15 is 0 Å². The van der Waals surface area contributed by atoms with Crippen LogP contribution < -0.4 is 0 Å². The zero-order valence-corrected chi connectivity index (χ0v) is 15.8. The average molecular weight is 332 g/mol. The summed E-state index contributed by atoms with van der Waals surface area (Å²) >= 11 is 0. The van der Waals surface area contributed by atoms with Gasteiger partial charge < -0.3 is 20.1 Å². The minimum Gasteiger partial charge on any atom is -0.392 e. The fourth-order valence-corrected chi connectivity index (χ4v) is 3.80. The summed E-state index contributed by atoms with van der Waals surface area (Å²) in [6, 6.07) is 8.45. The molecule has 0 atom stereocenters. The first-order chi connectivity index (χ1) is 11.1. The molecule has 4 nitrogen and oxygen atoms in total. The van der Waals surface area contributed by atoms with Crippen LogP contribution in [0.2, 0.25) is 0 Å². The molecule has 2 aromatic rings. The maximum atomic E-state index is 9.51. The van der Waals surface area contributed by atoms with Gasteiger partial charge in [0.1, 0.15) is 0 Å². The zero-order chi connectivity index (χ0) is 18.1. The van der Waals surface area contributed by atoms with Crippen LogP contribution in [0.5, 0.6) is 0 Å². The lowest BCUT2D eigenvalue weighted by Crippen LogP contribution is -2.67. The summed E-state index contributed by atoms with van der Waals surface area (Å²) in [5.41, 5.74) is 2.02. The molecule has 1 fully saturated rings. The van der Waals surface area contributed by atoms with E-state index in [1.54, 1.807) is 0 Å². The van der Waals surface area contributed by atoms with Gasteiger partial charge in [-0.25, -0.2) is 0 Å². The van der Waals surface area contributed by atoms with Crippen LogP contribution in [0.15, 0.2) is 30.5 Å². The summed E-state index contributed by atoms with van der Waals surface area (Å²) in [7, 11) is 4.21. The smallest absolute Gasteiger partial charge is 0.0691 e. The molecule has 1 heterocycles. The van der Waals surface area contributed by atoms with Crippen molar-refractivity contribution in [3.63, 3.8) is 0 Å². The number of hydrogen-bond acceptors (Lipinski definition) is 3. The predicted molar refractivity (Wildman–Crippen MR) is 100 cm³/mol. The van der Waals surface area contributed by atoms with Crippen LogP contribution in [0, 0.1) is 10.8 Å². The highest BCUT2D eigenvalue weighted by molar-refractivity contribution is 5.83. The van der Waals surface area contributed by atoms with Crippen molar-refractivity contribution in [2.75, 3.05) is 20.6 Å². The predicted octanol–water partition coefficient (Wildman–Crippen LogP) is 3.05. The number of aliphatic hydroxyl groups excluding tert-OH is 2. The van der Waals surface area contributed by atoms with Crippen molar-refractivity contribution >= 4 is 10.9 Å². The zero-order valence-electron chi connectivity index (χ0n) is 15.8. The highest BCUT2D eigenvalue weighted by atomic mass is 16.3. The van der Waals surface area contributed by atoms with E-state index < -0.39 is 0 Å². The van der Waals surface area contributed by atoms with E-state index in [4.69, 9.17) is 0 Å². The first-order valence-electron chi connectivity index (χ1n) is 8.64. The SMILES string of the molecule is CC1(C)C(O)C(C)(C)C1O.CN(C)CCc1c[nH]c2ccccc12. The number of rotatable bonds is 3. The molecule has 0 aliphatic heterocycles. The molecule has 1 aliphatic rings. The second-order valence-electron chi connectivity index (χ2n) is 8.36. The number of aliphatic hydroxyl groups is 2. The molecule has 0 radical (unpaired) electrons. The van der Waals surface area contributed by atoms with E-state index in [2.05, 4.69) is 54.4 Å². The van der Waals surface area contributed by atoms with Gasteiger partial charge in [0.25, 0.3) is 0 Å². The number of aromatic nitrogens is 1. The number of likely N-dealkylation sites (N-methyl/N-ethyl adjacent to an activating group) is 1. The number of para-hydroxylation sites is 1. The molecule has 1 aliphatic carbocycles. The number of nitrogens with zero attached hydrogens (tertiary/aromatic N) is 1. The van der Waals surface area contributed by atoms with E-state index in [1.807, 2.05) is 27.7 Å². The van der Waals surface area contributed by atoms with Crippen LogP contribution in [0.1, 0.15) is 33.3 Å². The molecule has 3 rings (SSSR count). The van der Waals surface area contributed by atoms with Crippen LogP contribution >= 0.6 is 0 Å². The van der Waals surface area contributed by atoms with Gasteiger partial charge in [0.2, 0.25) is 0 Å². The third-order valence-corrected chi connectivity index (χ3v) is 5.32. The largest absolute Gasteiger partial charge is 0.392 e. The first kappa shape index (κ1) is 19.0. The Labute approximate surface area is 145 Å². The molecule has 0 saturated heterocycles. The normalized spacial score (nSPS) is 24.4. The average Bonchev–Trinajstić information content (AvgIpc) is 2.95. The fraction of sp³-hybridized carbons (Fsp3) is 0.600. The van der Waals surface area contributed by atoms with Crippen LogP contribution in [0.4, 0.5) is 0 Å². The van der Waals surface area contributed by atoms with Crippen LogP contribution in [-0.2, 0) is 6.42 Å². The van der Waals surface area contributed by atoms with Crippen molar-refractivity contribution in [1.29, 1.82) is 0 Å².